The summed E-state index contributed by atoms with van der Waals surface area (Å²) in [6.45, 7) is 0. The summed E-state index contributed by atoms with van der Waals surface area (Å²) in [7, 11) is 0. The number of hydrogen-bond donors (Lipinski definition) is 0. The summed E-state index contributed by atoms with van der Waals surface area (Å²) in [6.07, 6.45) is 0. The zero-order valence-electron chi connectivity index (χ0n) is 26.6. The Morgan fingerprint density at radius 1 is 0.429 bits per heavy atom. The van der Waals surface area contributed by atoms with Crippen LogP contribution in [-0.2, 0) is 0 Å². The van der Waals surface area contributed by atoms with Crippen molar-refractivity contribution in [3.8, 4) is 16.8 Å². The molecule has 2 heterocycles. The monoisotopic (exact) mass is 626 g/mol. The zero-order valence-corrected chi connectivity index (χ0v) is 26.6. The fourth-order valence-electron chi connectivity index (χ4n) is 7.58. The van der Waals surface area contributed by atoms with Crippen LogP contribution in [0.3, 0.4) is 0 Å². The fourth-order valence-corrected chi connectivity index (χ4v) is 7.58. The van der Waals surface area contributed by atoms with Crippen molar-refractivity contribution in [3.63, 3.8) is 0 Å². The summed E-state index contributed by atoms with van der Waals surface area (Å²) in [4.78, 5) is 2.33. The molecule has 0 fully saturated rings. The molecular weight excluding hydrogens is 597 g/mol. The molecule has 8 aromatic carbocycles. The van der Waals surface area contributed by atoms with Crippen LogP contribution in [0.5, 0.6) is 0 Å². The van der Waals surface area contributed by atoms with Crippen molar-refractivity contribution in [1.82, 2.24) is 4.57 Å². The highest BCUT2D eigenvalue weighted by Gasteiger charge is 2.18. The lowest BCUT2D eigenvalue weighted by molar-refractivity contribution is 0.673. The highest BCUT2D eigenvalue weighted by Crippen LogP contribution is 2.42. The topological polar surface area (TPSA) is 21.3 Å². The lowest BCUT2D eigenvalue weighted by atomic mass is 9.98. The molecule has 49 heavy (non-hydrogen) atoms. The molecule has 0 saturated heterocycles. The van der Waals surface area contributed by atoms with Gasteiger partial charge in [0.05, 0.1) is 11.0 Å². The first-order valence-corrected chi connectivity index (χ1v) is 16.7. The van der Waals surface area contributed by atoms with E-state index >= 15 is 0 Å². The Hall–Kier alpha value is -6.58. The molecule has 0 aliphatic carbocycles. The van der Waals surface area contributed by atoms with Gasteiger partial charge in [0.2, 0.25) is 0 Å². The first kappa shape index (κ1) is 27.5. The van der Waals surface area contributed by atoms with Crippen LogP contribution >= 0.6 is 0 Å². The Labute approximate surface area is 283 Å². The van der Waals surface area contributed by atoms with Gasteiger partial charge in [0.15, 0.2) is 0 Å². The molecular formula is C46H30N2O. The molecule has 0 unspecified atom stereocenters. The van der Waals surface area contributed by atoms with E-state index in [9.17, 15) is 0 Å². The van der Waals surface area contributed by atoms with Crippen LogP contribution in [-0.4, -0.2) is 4.57 Å². The van der Waals surface area contributed by atoms with Crippen molar-refractivity contribution in [2.45, 2.75) is 0 Å². The maximum absolute atomic E-state index is 6.49. The van der Waals surface area contributed by atoms with E-state index in [0.717, 1.165) is 61.2 Å². The first-order valence-electron chi connectivity index (χ1n) is 16.7. The van der Waals surface area contributed by atoms with Gasteiger partial charge < -0.3 is 13.9 Å². The van der Waals surface area contributed by atoms with E-state index in [1.807, 2.05) is 0 Å². The van der Waals surface area contributed by atoms with Gasteiger partial charge in [-0.2, -0.15) is 0 Å². The van der Waals surface area contributed by atoms with Crippen LogP contribution in [0, 0.1) is 0 Å². The number of benzene rings is 8. The van der Waals surface area contributed by atoms with Crippen LogP contribution in [0.4, 0.5) is 17.1 Å². The molecule has 230 valence electrons. The Balaban J connectivity index is 1.11. The molecule has 0 aliphatic heterocycles. The van der Waals surface area contributed by atoms with E-state index in [0.29, 0.717) is 0 Å². The van der Waals surface area contributed by atoms with Gasteiger partial charge >= 0.3 is 0 Å². The highest BCUT2D eigenvalue weighted by molar-refractivity contribution is 6.19. The van der Waals surface area contributed by atoms with Crippen LogP contribution in [0.25, 0.3) is 71.3 Å². The third kappa shape index (κ3) is 4.37. The molecule has 0 amide bonds. The van der Waals surface area contributed by atoms with Gasteiger partial charge in [-0.05, 0) is 83.2 Å². The summed E-state index contributed by atoms with van der Waals surface area (Å²) in [5, 5.41) is 7.12. The van der Waals surface area contributed by atoms with Gasteiger partial charge in [0, 0.05) is 49.7 Å². The Morgan fingerprint density at radius 2 is 1.06 bits per heavy atom. The molecule has 0 bridgehead atoms. The molecule has 0 aliphatic rings. The van der Waals surface area contributed by atoms with Crippen LogP contribution < -0.4 is 4.90 Å². The average Bonchev–Trinajstić information content (AvgIpc) is 3.72. The second kappa shape index (κ2) is 11.0. The number of anilines is 3. The minimum Gasteiger partial charge on any atom is -0.455 e. The van der Waals surface area contributed by atoms with Crippen LogP contribution in [0.15, 0.2) is 186 Å². The maximum Gasteiger partial charge on any atom is 0.143 e. The van der Waals surface area contributed by atoms with E-state index in [1.54, 1.807) is 0 Å². The lowest BCUT2D eigenvalue weighted by Crippen LogP contribution is -2.10. The van der Waals surface area contributed by atoms with E-state index in [2.05, 4.69) is 191 Å². The maximum atomic E-state index is 6.49. The third-order valence-electron chi connectivity index (χ3n) is 9.76. The van der Waals surface area contributed by atoms with Crippen molar-refractivity contribution in [3.05, 3.63) is 182 Å². The molecule has 0 spiro atoms. The van der Waals surface area contributed by atoms with Crippen molar-refractivity contribution in [2.24, 2.45) is 0 Å². The van der Waals surface area contributed by atoms with Crippen molar-refractivity contribution < 1.29 is 4.42 Å². The van der Waals surface area contributed by atoms with Crippen LogP contribution in [0.1, 0.15) is 0 Å². The number of furan rings is 1. The van der Waals surface area contributed by atoms with Crippen molar-refractivity contribution in [2.75, 3.05) is 4.90 Å². The van der Waals surface area contributed by atoms with Crippen molar-refractivity contribution in [1.29, 1.82) is 0 Å². The molecule has 0 atom stereocenters. The standard InChI is InChI=1S/C46H30N2O/c1-2-13-33(14-3-1)47(35-15-10-16-36(30-35)48-42-21-8-6-18-39(42)40-19-7-9-22-43(40)48)34-27-24-32(25-28-34)37-20-11-23-44-45(37)41-29-26-31-12-4-5-17-38(31)46(41)49-44/h1-30H. The normalized spacial score (nSPS) is 11.7. The predicted molar refractivity (Wildman–Crippen MR) is 206 cm³/mol. The quantitative estimate of drug-likeness (QED) is 0.190. The lowest BCUT2D eigenvalue weighted by Gasteiger charge is -2.26. The summed E-state index contributed by atoms with van der Waals surface area (Å²) in [5.74, 6) is 0. The molecule has 2 aromatic heterocycles. The molecule has 3 nitrogen and oxygen atoms in total. The molecule has 0 N–H and O–H groups in total. The van der Waals surface area contributed by atoms with Gasteiger partial charge in [-0.15, -0.1) is 0 Å². The van der Waals surface area contributed by atoms with E-state index in [-0.39, 0.29) is 0 Å². The summed E-state index contributed by atoms with van der Waals surface area (Å²) >= 11 is 0. The average molecular weight is 627 g/mol. The number of rotatable bonds is 5. The number of aromatic nitrogens is 1. The van der Waals surface area contributed by atoms with E-state index < -0.39 is 0 Å². The Morgan fingerprint density at radius 3 is 1.84 bits per heavy atom. The van der Waals surface area contributed by atoms with Crippen molar-refractivity contribution >= 4 is 71.6 Å². The van der Waals surface area contributed by atoms with Gasteiger partial charge in [-0.3, -0.25) is 0 Å². The fraction of sp³-hybridized carbons (Fsp3) is 0. The Bertz CT molecular complexity index is 2770. The number of hydrogen-bond acceptors (Lipinski definition) is 2. The summed E-state index contributed by atoms with van der Waals surface area (Å²) in [6, 6.07) is 64.9. The van der Waals surface area contributed by atoms with E-state index in [1.165, 1.54) is 27.2 Å². The molecule has 3 heteroatoms. The van der Waals surface area contributed by atoms with Gasteiger partial charge in [-0.25, -0.2) is 0 Å². The van der Waals surface area contributed by atoms with Gasteiger partial charge in [0.1, 0.15) is 11.2 Å². The Kier molecular flexibility index (Phi) is 6.18. The summed E-state index contributed by atoms with van der Waals surface area (Å²) < 4.78 is 8.87. The summed E-state index contributed by atoms with van der Waals surface area (Å²) in [5.41, 5.74) is 11.0. The zero-order chi connectivity index (χ0) is 32.3. The van der Waals surface area contributed by atoms with Gasteiger partial charge in [0.25, 0.3) is 0 Å². The SMILES string of the molecule is c1ccc(N(c2ccc(-c3cccc4oc5c6ccccc6ccc5c34)cc2)c2cccc(-n3c4ccccc4c4ccccc43)c2)cc1. The van der Waals surface area contributed by atoms with Gasteiger partial charge in [-0.1, -0.05) is 115 Å². The smallest absolute Gasteiger partial charge is 0.143 e. The largest absolute Gasteiger partial charge is 0.455 e. The number of para-hydroxylation sites is 3. The third-order valence-corrected chi connectivity index (χ3v) is 9.76. The van der Waals surface area contributed by atoms with E-state index in [4.69, 9.17) is 4.42 Å². The molecule has 10 rings (SSSR count). The molecule has 0 radical (unpaired) electrons. The minimum absolute atomic E-state index is 0.903. The molecule has 10 aromatic rings. The first-order chi connectivity index (χ1) is 24.3. The highest BCUT2D eigenvalue weighted by atomic mass is 16.3. The minimum atomic E-state index is 0.903. The molecule has 0 saturated carbocycles. The van der Waals surface area contributed by atoms with Crippen LogP contribution in [0.2, 0.25) is 0 Å². The second-order valence-electron chi connectivity index (χ2n) is 12.6. The number of fused-ring (bicyclic) bond motifs is 8. The second-order valence-corrected chi connectivity index (χ2v) is 12.6. The predicted octanol–water partition coefficient (Wildman–Crippen LogP) is 13.0. The number of nitrogens with zero attached hydrogens (tertiary/aromatic N) is 2.